The van der Waals surface area contributed by atoms with Crippen molar-refractivity contribution in [3.8, 4) is 0 Å². The number of benzene rings is 1. The minimum atomic E-state index is -1.20. The Labute approximate surface area is 263 Å². The molecule has 0 saturated carbocycles. The number of aromatic amines is 1. The van der Waals surface area contributed by atoms with E-state index in [1.54, 1.807) is 0 Å². The molecule has 1 heterocycles. The maximum absolute atomic E-state index is 12.1. The summed E-state index contributed by atoms with van der Waals surface area (Å²) < 4.78 is 2.66. The molecule has 0 fully saturated rings. The largest absolute Gasteiger partial charge is 0.480 e. The lowest BCUT2D eigenvalue weighted by atomic mass is 10.1. The van der Waals surface area contributed by atoms with E-state index in [1.165, 1.54) is 5.56 Å². The highest BCUT2D eigenvalue weighted by Gasteiger charge is 2.21. The number of carbonyl (C=O) groups is 4. The molecule has 16 heteroatoms. The fraction of sp³-hybridized carbons (Fsp3) is 0.500. The number of unbranched alkanes of at least 4 members (excludes halogenated alkanes) is 1. The van der Waals surface area contributed by atoms with Crippen molar-refractivity contribution < 1.29 is 24.3 Å². The summed E-state index contributed by atoms with van der Waals surface area (Å²) in [4.78, 5) is 53.4. The first-order valence-electron chi connectivity index (χ1n) is 14.1. The molecule has 0 aliphatic rings. The van der Waals surface area contributed by atoms with Crippen LogP contribution in [-0.4, -0.2) is 82.6 Å². The highest BCUT2D eigenvalue weighted by molar-refractivity contribution is 7.71. The second-order valence-corrected chi connectivity index (χ2v) is 10.2. The third-order valence-corrected chi connectivity index (χ3v) is 6.08. The quantitative estimate of drug-likeness (QED) is 0.0532. The number of carbonyl (C=O) groups excluding carboxylic acids is 3. The molecular formula is C28H48N10O5S. The Morgan fingerprint density at radius 1 is 1.00 bits per heavy atom. The molecule has 246 valence electrons. The lowest BCUT2D eigenvalue weighted by molar-refractivity contribution is -0.138. The number of carboxylic acids is 1. The van der Waals surface area contributed by atoms with Crippen molar-refractivity contribution in [3.63, 3.8) is 0 Å². The lowest BCUT2D eigenvalue weighted by Crippen LogP contribution is -2.51. The van der Waals surface area contributed by atoms with Crippen LogP contribution in [-0.2, 0) is 26.2 Å². The van der Waals surface area contributed by atoms with Crippen LogP contribution in [0.3, 0.4) is 0 Å². The molecule has 0 aliphatic carbocycles. The number of imidazole rings is 1. The van der Waals surface area contributed by atoms with Crippen LogP contribution in [0, 0.1) is 18.6 Å². The molecular weight excluding hydrogens is 588 g/mol. The lowest BCUT2D eigenvalue weighted by Gasteiger charge is -2.18. The topological polar surface area (TPSA) is 262 Å². The van der Waals surface area contributed by atoms with E-state index in [-0.39, 0.29) is 18.9 Å². The number of aliphatic imine (C=N–C) groups is 1. The Bertz CT molecular complexity index is 1230. The van der Waals surface area contributed by atoms with Crippen molar-refractivity contribution in [1.29, 1.82) is 0 Å². The maximum atomic E-state index is 12.1. The molecule has 15 nitrogen and oxygen atoms in total. The average molecular weight is 637 g/mol. The second-order valence-electron chi connectivity index (χ2n) is 9.80. The number of hydrogen-bond acceptors (Lipinski definition) is 8. The zero-order valence-corrected chi connectivity index (χ0v) is 26.5. The number of nitrogens with one attached hydrogen (secondary N) is 4. The van der Waals surface area contributed by atoms with Crippen LogP contribution in [0.2, 0.25) is 0 Å². The van der Waals surface area contributed by atoms with Crippen LogP contribution < -0.4 is 38.9 Å². The summed E-state index contributed by atoms with van der Waals surface area (Å²) in [5.74, 6) is -3.01. The maximum Gasteiger partial charge on any atom is 0.322 e. The molecule has 0 aliphatic heterocycles. The molecule has 2 atom stereocenters. The number of nitrogens with two attached hydrogens (primary N) is 4. The van der Waals surface area contributed by atoms with Gasteiger partial charge in [0.25, 0.3) is 0 Å². The zero-order chi connectivity index (χ0) is 33.5. The van der Waals surface area contributed by atoms with E-state index in [4.69, 9.17) is 40.3 Å². The number of guanidine groups is 1. The molecule has 1 aromatic carbocycles. The van der Waals surface area contributed by atoms with Crippen molar-refractivity contribution in [2.45, 2.75) is 58.0 Å². The molecule has 2 aromatic rings. The molecule has 0 spiro atoms. The van der Waals surface area contributed by atoms with Gasteiger partial charge < -0.3 is 53.5 Å². The van der Waals surface area contributed by atoms with Gasteiger partial charge in [0.15, 0.2) is 10.7 Å². The predicted octanol–water partition coefficient (Wildman–Crippen LogP) is -0.316. The summed E-state index contributed by atoms with van der Waals surface area (Å²) in [6.45, 7) is 3.89. The molecule has 0 radical (unpaired) electrons. The first kappa shape index (κ1) is 39.7. The normalized spacial score (nSPS) is 11.3. The van der Waals surface area contributed by atoms with Gasteiger partial charge in [-0.25, -0.2) is 0 Å². The minimum Gasteiger partial charge on any atom is -0.480 e. The Morgan fingerprint density at radius 2 is 1.64 bits per heavy atom. The Morgan fingerprint density at radius 3 is 2.09 bits per heavy atom. The second kappa shape index (κ2) is 23.2. The summed E-state index contributed by atoms with van der Waals surface area (Å²) in [7, 11) is 1.92. The summed E-state index contributed by atoms with van der Waals surface area (Å²) in [5.41, 5.74) is 24.0. The van der Waals surface area contributed by atoms with Gasteiger partial charge in [-0.05, 0) is 64.7 Å². The van der Waals surface area contributed by atoms with Crippen LogP contribution in [0.15, 0.2) is 41.5 Å². The van der Waals surface area contributed by atoms with E-state index >= 15 is 0 Å². The van der Waals surface area contributed by atoms with E-state index < -0.39 is 42.3 Å². The first-order valence-corrected chi connectivity index (χ1v) is 14.5. The Hall–Kier alpha value is -4.28. The van der Waals surface area contributed by atoms with Gasteiger partial charge >= 0.3 is 5.97 Å². The van der Waals surface area contributed by atoms with Gasteiger partial charge in [0.05, 0.1) is 12.6 Å². The monoisotopic (exact) mass is 636 g/mol. The van der Waals surface area contributed by atoms with Gasteiger partial charge in [0.1, 0.15) is 12.6 Å². The molecule has 3 amide bonds. The van der Waals surface area contributed by atoms with E-state index in [0.717, 1.165) is 10.5 Å². The highest BCUT2D eigenvalue weighted by atomic mass is 32.1. The number of aryl methyl sites for hydroxylation is 3. The smallest absolute Gasteiger partial charge is 0.322 e. The zero-order valence-electron chi connectivity index (χ0n) is 25.7. The van der Waals surface area contributed by atoms with Crippen molar-refractivity contribution >= 4 is 41.9 Å². The predicted molar refractivity (Wildman–Crippen MR) is 173 cm³/mol. The number of hydrogen-bond donors (Lipinski definition) is 9. The van der Waals surface area contributed by atoms with Crippen LogP contribution in [0.4, 0.5) is 0 Å². The number of aromatic nitrogens is 2. The number of nitrogens with zero attached hydrogens (tertiary/aromatic N) is 2. The van der Waals surface area contributed by atoms with Gasteiger partial charge in [0, 0.05) is 25.5 Å². The summed E-state index contributed by atoms with van der Waals surface area (Å²) in [6, 6.07) is 8.49. The molecule has 0 saturated heterocycles. The fourth-order valence-electron chi connectivity index (χ4n) is 3.41. The third kappa shape index (κ3) is 20.6. The van der Waals surface area contributed by atoms with Crippen LogP contribution >= 0.6 is 12.2 Å². The number of H-pyrrole nitrogens is 1. The molecule has 2 rings (SSSR count). The molecule has 13 N–H and O–H groups in total. The summed E-state index contributed by atoms with van der Waals surface area (Å²) in [5, 5.41) is 15.7. The number of carboxylic acid groups (broad SMARTS) is 1. The molecule has 2 unspecified atom stereocenters. The summed E-state index contributed by atoms with van der Waals surface area (Å²) in [6.07, 6.45) is 4.27. The number of amides is 3. The SMILES string of the molecule is Cc1ccccc1.Cc1cn(C)c(=S)[nH]1.NCCCCC(NC(=O)CNC(=O)C(N)CCCN=C(N)N)C(=O)NCC(=O)O. The highest BCUT2D eigenvalue weighted by Crippen LogP contribution is 2.01. The minimum absolute atomic E-state index is 0.0481. The first-order chi connectivity index (χ1) is 20.8. The Kier molecular flexibility index (Phi) is 21.0. The average Bonchev–Trinajstić information content (AvgIpc) is 3.26. The van der Waals surface area contributed by atoms with Gasteiger partial charge in [-0.2, -0.15) is 0 Å². The van der Waals surface area contributed by atoms with Crippen molar-refractivity contribution in [3.05, 3.63) is 52.6 Å². The Balaban J connectivity index is 0.000000980. The van der Waals surface area contributed by atoms with Gasteiger partial charge in [0.2, 0.25) is 17.7 Å². The molecule has 1 aromatic heterocycles. The number of aliphatic carboxylic acids is 1. The van der Waals surface area contributed by atoms with E-state index in [0.29, 0.717) is 38.8 Å². The van der Waals surface area contributed by atoms with Gasteiger partial charge in [-0.15, -0.1) is 0 Å². The van der Waals surface area contributed by atoms with Crippen molar-refractivity contribution in [1.82, 2.24) is 25.5 Å². The molecule has 0 bridgehead atoms. The van der Waals surface area contributed by atoms with Crippen molar-refractivity contribution in [2.24, 2.45) is 35.0 Å². The van der Waals surface area contributed by atoms with Crippen molar-refractivity contribution in [2.75, 3.05) is 26.2 Å². The number of rotatable bonds is 15. The fourth-order valence-corrected chi connectivity index (χ4v) is 3.63. The van der Waals surface area contributed by atoms with Gasteiger partial charge in [-0.1, -0.05) is 35.9 Å². The van der Waals surface area contributed by atoms with E-state index in [2.05, 4.69) is 45.0 Å². The standard InChI is InChI=1S/C16H32N8O5.C7H8.C5H8N2S/c17-6-2-1-5-11(15(29)23-9-13(26)27)24-12(25)8-22-14(28)10(18)4-3-7-21-16(19)20;1-7-5-3-2-4-6-7;1-4-3-7(2)5(8)6-4/h10-11H,1-9,17-18H2,(H,22,28)(H,23,29)(H,24,25)(H,26,27)(H4,19,20,21);2-6H,1H3;3H,1-2H3,(H,6,8). The van der Waals surface area contributed by atoms with Crippen LogP contribution in [0.5, 0.6) is 0 Å². The molecule has 44 heavy (non-hydrogen) atoms. The van der Waals surface area contributed by atoms with E-state index in [9.17, 15) is 19.2 Å². The van der Waals surface area contributed by atoms with Gasteiger partial charge in [-0.3, -0.25) is 24.2 Å². The van der Waals surface area contributed by atoms with Crippen LogP contribution in [0.1, 0.15) is 43.4 Å². The van der Waals surface area contributed by atoms with Crippen LogP contribution in [0.25, 0.3) is 0 Å². The third-order valence-electron chi connectivity index (χ3n) is 5.69. The summed E-state index contributed by atoms with van der Waals surface area (Å²) >= 11 is 4.88. The van der Waals surface area contributed by atoms with E-state index in [1.807, 2.05) is 42.9 Å².